The summed E-state index contributed by atoms with van der Waals surface area (Å²) in [7, 11) is -2.05. The number of nitrogens with zero attached hydrogens (tertiary/aromatic N) is 3. The predicted octanol–water partition coefficient (Wildman–Crippen LogP) is 1.83. The van der Waals surface area contributed by atoms with Crippen molar-refractivity contribution in [1.29, 1.82) is 0 Å². The SMILES string of the molecule is COCCS(=O)(=O)c1ccc(Oc2ncnc(OC3CCNCC3)c2C)c(C)n1. The van der Waals surface area contributed by atoms with Gasteiger partial charge in [-0.3, -0.25) is 0 Å². The fraction of sp³-hybridized carbons (Fsp3) is 0.526. The molecule has 0 atom stereocenters. The van der Waals surface area contributed by atoms with Crippen molar-refractivity contribution in [2.45, 2.75) is 37.8 Å². The summed E-state index contributed by atoms with van der Waals surface area (Å²) in [4.78, 5) is 12.6. The molecule has 1 saturated heterocycles. The lowest BCUT2D eigenvalue weighted by atomic mass is 10.1. The lowest BCUT2D eigenvalue weighted by Gasteiger charge is -2.24. The second kappa shape index (κ2) is 9.47. The maximum Gasteiger partial charge on any atom is 0.229 e. The van der Waals surface area contributed by atoms with Crippen LogP contribution in [0.3, 0.4) is 0 Å². The van der Waals surface area contributed by atoms with Gasteiger partial charge in [-0.2, -0.15) is 0 Å². The van der Waals surface area contributed by atoms with Crippen LogP contribution in [0.5, 0.6) is 17.5 Å². The molecule has 0 aliphatic carbocycles. The Morgan fingerprint density at radius 3 is 2.55 bits per heavy atom. The van der Waals surface area contributed by atoms with Gasteiger partial charge in [0.15, 0.2) is 20.6 Å². The van der Waals surface area contributed by atoms with Crippen LogP contribution in [0.25, 0.3) is 0 Å². The van der Waals surface area contributed by atoms with E-state index in [1.54, 1.807) is 13.0 Å². The standard InChI is InChI=1S/C19H26N4O5S/c1-13-18(27-15-6-8-20-9-7-15)21-12-22-19(13)28-16-4-5-17(23-14(16)2)29(24,25)11-10-26-3/h4-5,12,15,20H,6-11H2,1-3H3. The monoisotopic (exact) mass is 422 g/mol. The number of sulfone groups is 1. The van der Waals surface area contributed by atoms with Gasteiger partial charge >= 0.3 is 0 Å². The van der Waals surface area contributed by atoms with E-state index in [1.807, 2.05) is 6.92 Å². The van der Waals surface area contributed by atoms with E-state index in [2.05, 4.69) is 20.3 Å². The van der Waals surface area contributed by atoms with E-state index in [0.717, 1.165) is 25.9 Å². The predicted molar refractivity (Wildman–Crippen MR) is 106 cm³/mol. The fourth-order valence-corrected chi connectivity index (χ4v) is 4.07. The molecular weight excluding hydrogens is 396 g/mol. The third kappa shape index (κ3) is 5.40. The van der Waals surface area contributed by atoms with Gasteiger partial charge in [-0.25, -0.2) is 23.4 Å². The molecule has 0 amide bonds. The highest BCUT2D eigenvalue weighted by Gasteiger charge is 2.20. The van der Waals surface area contributed by atoms with Crippen molar-refractivity contribution in [3.05, 3.63) is 29.7 Å². The minimum Gasteiger partial charge on any atom is -0.474 e. The number of aryl methyl sites for hydroxylation is 1. The van der Waals surface area contributed by atoms with Gasteiger partial charge in [0.05, 0.1) is 23.6 Å². The highest BCUT2D eigenvalue weighted by atomic mass is 32.2. The van der Waals surface area contributed by atoms with Crippen LogP contribution < -0.4 is 14.8 Å². The van der Waals surface area contributed by atoms with E-state index in [1.165, 1.54) is 19.5 Å². The summed E-state index contributed by atoms with van der Waals surface area (Å²) in [5.74, 6) is 1.14. The molecule has 1 N–H and O–H groups in total. The van der Waals surface area contributed by atoms with E-state index in [9.17, 15) is 8.42 Å². The second-order valence-corrected chi connectivity index (χ2v) is 8.88. The Balaban J connectivity index is 1.77. The van der Waals surface area contributed by atoms with Crippen LogP contribution in [0.2, 0.25) is 0 Å². The number of hydrogen-bond donors (Lipinski definition) is 1. The Labute approximate surface area is 170 Å². The Kier molecular flexibility index (Phi) is 6.99. The summed E-state index contributed by atoms with van der Waals surface area (Å²) in [5, 5.41) is 3.29. The lowest BCUT2D eigenvalue weighted by Crippen LogP contribution is -2.34. The summed E-state index contributed by atoms with van der Waals surface area (Å²) >= 11 is 0. The number of rotatable bonds is 8. The Hall–Kier alpha value is -2.30. The van der Waals surface area contributed by atoms with Crippen LogP contribution in [-0.4, -0.2) is 62.0 Å². The van der Waals surface area contributed by atoms with E-state index in [-0.39, 0.29) is 23.5 Å². The van der Waals surface area contributed by atoms with Gasteiger partial charge < -0.3 is 19.5 Å². The zero-order valence-electron chi connectivity index (χ0n) is 16.8. The highest BCUT2D eigenvalue weighted by Crippen LogP contribution is 2.30. The zero-order chi connectivity index (χ0) is 20.9. The van der Waals surface area contributed by atoms with Gasteiger partial charge in [0.1, 0.15) is 12.4 Å². The fourth-order valence-electron chi connectivity index (χ4n) is 2.92. The Bertz CT molecular complexity index is 946. The lowest BCUT2D eigenvalue weighted by molar-refractivity contribution is 0.154. The van der Waals surface area contributed by atoms with Gasteiger partial charge in [0.25, 0.3) is 0 Å². The van der Waals surface area contributed by atoms with Crippen LogP contribution in [0.4, 0.5) is 0 Å². The molecule has 0 saturated carbocycles. The first-order valence-corrected chi connectivity index (χ1v) is 11.1. The third-order valence-corrected chi connectivity index (χ3v) is 6.22. The van der Waals surface area contributed by atoms with Crippen LogP contribution in [0.1, 0.15) is 24.1 Å². The molecule has 0 radical (unpaired) electrons. The number of piperidine rings is 1. The minimum absolute atomic E-state index is 0.00580. The first-order valence-electron chi connectivity index (χ1n) is 9.47. The van der Waals surface area contributed by atoms with Crippen molar-refractivity contribution < 1.29 is 22.6 Å². The number of pyridine rings is 1. The molecule has 3 heterocycles. The van der Waals surface area contributed by atoms with Crippen molar-refractivity contribution in [2.75, 3.05) is 32.6 Å². The molecule has 2 aromatic rings. The van der Waals surface area contributed by atoms with Crippen LogP contribution in [0.15, 0.2) is 23.5 Å². The number of ether oxygens (including phenoxy) is 3. The summed E-state index contributed by atoms with van der Waals surface area (Å²) in [6.07, 6.45) is 3.34. The molecule has 3 rings (SSSR count). The van der Waals surface area contributed by atoms with Gasteiger partial charge in [-0.15, -0.1) is 0 Å². The average molecular weight is 423 g/mol. The molecule has 10 heteroatoms. The molecule has 1 aliphatic rings. The van der Waals surface area contributed by atoms with Crippen LogP contribution in [-0.2, 0) is 14.6 Å². The molecular formula is C19H26N4O5S. The van der Waals surface area contributed by atoms with E-state index < -0.39 is 9.84 Å². The third-order valence-electron chi connectivity index (χ3n) is 4.65. The number of hydrogen-bond acceptors (Lipinski definition) is 9. The molecule has 1 aliphatic heterocycles. The van der Waals surface area contributed by atoms with Gasteiger partial charge in [0, 0.05) is 7.11 Å². The zero-order valence-corrected chi connectivity index (χ0v) is 17.7. The molecule has 29 heavy (non-hydrogen) atoms. The van der Waals surface area contributed by atoms with Gasteiger partial charge in [-0.05, 0) is 51.9 Å². The molecule has 158 valence electrons. The normalized spacial score (nSPS) is 15.3. The topological polar surface area (TPSA) is 113 Å². The first-order chi connectivity index (χ1) is 13.9. The molecule has 1 fully saturated rings. The number of aromatic nitrogens is 3. The molecule has 0 bridgehead atoms. The van der Waals surface area contributed by atoms with Gasteiger partial charge in [-0.1, -0.05) is 0 Å². The Morgan fingerprint density at radius 2 is 1.86 bits per heavy atom. The second-order valence-electron chi connectivity index (χ2n) is 6.82. The van der Waals surface area contributed by atoms with Gasteiger partial charge in [0.2, 0.25) is 11.8 Å². The maximum absolute atomic E-state index is 12.3. The van der Waals surface area contributed by atoms with Crippen LogP contribution in [0, 0.1) is 13.8 Å². The maximum atomic E-state index is 12.3. The van der Waals surface area contributed by atoms with Crippen molar-refractivity contribution in [1.82, 2.24) is 20.3 Å². The van der Waals surface area contributed by atoms with Crippen molar-refractivity contribution >= 4 is 9.84 Å². The van der Waals surface area contributed by atoms with Crippen molar-refractivity contribution in [3.63, 3.8) is 0 Å². The highest BCUT2D eigenvalue weighted by molar-refractivity contribution is 7.91. The molecule has 0 aromatic carbocycles. The van der Waals surface area contributed by atoms with Crippen LogP contribution >= 0.6 is 0 Å². The number of methoxy groups -OCH3 is 1. The first kappa shape index (κ1) is 21.4. The summed E-state index contributed by atoms with van der Waals surface area (Å²) in [6.45, 7) is 5.47. The minimum atomic E-state index is -3.51. The van der Waals surface area contributed by atoms with Crippen molar-refractivity contribution in [2.24, 2.45) is 0 Å². The summed E-state index contributed by atoms with van der Waals surface area (Å²) in [6, 6.07) is 3.01. The average Bonchev–Trinajstić information content (AvgIpc) is 2.71. The van der Waals surface area contributed by atoms with E-state index in [4.69, 9.17) is 14.2 Å². The molecule has 2 aromatic heterocycles. The molecule has 9 nitrogen and oxygen atoms in total. The molecule has 0 spiro atoms. The largest absolute Gasteiger partial charge is 0.474 e. The van der Waals surface area contributed by atoms with E-state index >= 15 is 0 Å². The van der Waals surface area contributed by atoms with Crippen molar-refractivity contribution in [3.8, 4) is 17.5 Å². The summed E-state index contributed by atoms with van der Waals surface area (Å²) < 4.78 is 41.3. The molecule has 0 unspecified atom stereocenters. The summed E-state index contributed by atoms with van der Waals surface area (Å²) in [5.41, 5.74) is 1.13. The quantitative estimate of drug-likeness (QED) is 0.681. The smallest absolute Gasteiger partial charge is 0.229 e. The van der Waals surface area contributed by atoms with E-state index in [0.29, 0.717) is 28.8 Å². The number of nitrogens with one attached hydrogen (secondary N) is 1. The Morgan fingerprint density at radius 1 is 1.14 bits per heavy atom.